The van der Waals surface area contributed by atoms with Crippen LogP contribution in [0.5, 0.6) is 0 Å². The summed E-state index contributed by atoms with van der Waals surface area (Å²) in [6, 6.07) is 0. The molecule has 0 heterocycles. The van der Waals surface area contributed by atoms with Crippen LogP contribution in [0.2, 0.25) is 0 Å². The minimum absolute atomic E-state index is 0.0963. The van der Waals surface area contributed by atoms with Gasteiger partial charge in [0.2, 0.25) is 5.91 Å². The maximum Gasteiger partial charge on any atom is 0.249 e. The molecule has 0 aromatic heterocycles. The molecule has 0 rings (SSSR count). The van der Waals surface area contributed by atoms with Gasteiger partial charge in [-0.25, -0.2) is 5.06 Å². The summed E-state index contributed by atoms with van der Waals surface area (Å²) in [5.41, 5.74) is 0. The van der Waals surface area contributed by atoms with Crippen molar-refractivity contribution >= 4 is 5.91 Å². The Morgan fingerprint density at radius 1 is 1.73 bits per heavy atom. The van der Waals surface area contributed by atoms with Crippen LogP contribution in [0.4, 0.5) is 0 Å². The number of unbranched alkanes of at least 4 members (excludes halogenated alkanes) is 2. The Kier molecular flexibility index (Phi) is 5.84. The highest BCUT2D eigenvalue weighted by atomic mass is 16.7. The zero-order chi connectivity index (χ0) is 8.69. The number of rotatable bonds is 5. The molecule has 0 aromatic rings. The molecule has 0 fully saturated rings. The maximum atomic E-state index is 11.0. The van der Waals surface area contributed by atoms with Crippen LogP contribution >= 0.6 is 0 Å². The van der Waals surface area contributed by atoms with Gasteiger partial charge < -0.3 is 0 Å². The lowest BCUT2D eigenvalue weighted by Crippen LogP contribution is -2.25. The van der Waals surface area contributed by atoms with Crippen LogP contribution in [0.25, 0.3) is 0 Å². The highest BCUT2D eigenvalue weighted by Gasteiger charge is 2.06. The van der Waals surface area contributed by atoms with Gasteiger partial charge in [0.15, 0.2) is 0 Å². The first-order chi connectivity index (χ1) is 5.22. The number of hydrogen-bond acceptors (Lipinski definition) is 2. The van der Waals surface area contributed by atoms with Gasteiger partial charge in [0.1, 0.15) is 0 Å². The maximum absolute atomic E-state index is 11.0. The van der Waals surface area contributed by atoms with E-state index in [0.717, 1.165) is 19.3 Å². The highest BCUT2D eigenvalue weighted by molar-refractivity contribution is 5.83. The predicted octanol–water partition coefficient (Wildman–Crippen LogP) is 1.21. The summed E-state index contributed by atoms with van der Waals surface area (Å²) in [5, 5.41) is 1.20. The van der Waals surface area contributed by atoms with Gasteiger partial charge in [0.05, 0.1) is 13.5 Å². The zero-order valence-electron chi connectivity index (χ0n) is 7.17. The molecule has 0 atom stereocenters. The summed E-state index contributed by atoms with van der Waals surface area (Å²) < 4.78 is 0. The van der Waals surface area contributed by atoms with E-state index >= 15 is 0 Å². The summed E-state index contributed by atoms with van der Waals surface area (Å²) in [7, 11) is 3.05. The number of nitrogens with zero attached hydrogens (tertiary/aromatic N) is 1. The van der Waals surface area contributed by atoms with E-state index in [9.17, 15) is 4.79 Å². The van der Waals surface area contributed by atoms with Crippen molar-refractivity contribution in [3.05, 3.63) is 13.3 Å². The smallest absolute Gasteiger partial charge is 0.249 e. The fourth-order valence-electron chi connectivity index (χ4n) is 0.588. The third-order valence-corrected chi connectivity index (χ3v) is 1.36. The molecular weight excluding hydrogens is 142 g/mol. The van der Waals surface area contributed by atoms with Crippen molar-refractivity contribution < 1.29 is 9.63 Å². The molecule has 64 valence electrons. The first kappa shape index (κ1) is 10.4. The van der Waals surface area contributed by atoms with Crippen LogP contribution in [0.3, 0.4) is 0 Å². The Bertz CT molecular complexity index is 115. The Morgan fingerprint density at radius 2 is 2.36 bits per heavy atom. The standard InChI is InChI=1S/C8H15NO2/c1-4-5-6-7-8(10)9(2)11-3/h7H,1,4-6H2,2-3H3. The Balaban J connectivity index is 3.36. The van der Waals surface area contributed by atoms with Gasteiger partial charge in [0.25, 0.3) is 0 Å². The fraction of sp³-hybridized carbons (Fsp3) is 0.625. The van der Waals surface area contributed by atoms with E-state index in [-0.39, 0.29) is 5.91 Å². The van der Waals surface area contributed by atoms with Crippen molar-refractivity contribution in [1.29, 1.82) is 0 Å². The highest BCUT2D eigenvalue weighted by Crippen LogP contribution is 1.99. The van der Waals surface area contributed by atoms with Gasteiger partial charge in [-0.2, -0.15) is 0 Å². The van der Waals surface area contributed by atoms with Crippen LogP contribution in [0.15, 0.2) is 0 Å². The van der Waals surface area contributed by atoms with E-state index < -0.39 is 0 Å². The first-order valence-corrected chi connectivity index (χ1v) is 3.66. The van der Waals surface area contributed by atoms with Gasteiger partial charge in [-0.15, -0.1) is 0 Å². The van der Waals surface area contributed by atoms with E-state index in [0.29, 0.717) is 0 Å². The van der Waals surface area contributed by atoms with Crippen molar-refractivity contribution in [1.82, 2.24) is 5.06 Å². The fourth-order valence-corrected chi connectivity index (χ4v) is 0.588. The first-order valence-electron chi connectivity index (χ1n) is 3.66. The molecule has 0 N–H and O–H groups in total. The van der Waals surface area contributed by atoms with Gasteiger partial charge in [-0.3, -0.25) is 9.63 Å². The van der Waals surface area contributed by atoms with Crippen molar-refractivity contribution in [3.8, 4) is 0 Å². The SMILES string of the molecule is [CH2]CCC[CH]C(=O)N(C)OC. The third-order valence-electron chi connectivity index (χ3n) is 1.36. The molecule has 0 aliphatic carbocycles. The molecule has 2 radical (unpaired) electrons. The number of carbonyl (C=O) groups is 1. The summed E-state index contributed by atoms with van der Waals surface area (Å²) in [6.45, 7) is 3.67. The Labute approximate surface area is 68.3 Å². The van der Waals surface area contributed by atoms with Crippen LogP contribution in [0, 0.1) is 13.3 Å². The lowest BCUT2D eigenvalue weighted by molar-refractivity contribution is -0.164. The van der Waals surface area contributed by atoms with E-state index in [1.165, 1.54) is 12.2 Å². The Morgan fingerprint density at radius 3 is 2.82 bits per heavy atom. The van der Waals surface area contributed by atoms with E-state index in [1.807, 2.05) is 0 Å². The summed E-state index contributed by atoms with van der Waals surface area (Å²) in [6.07, 6.45) is 4.19. The van der Waals surface area contributed by atoms with Gasteiger partial charge in [-0.1, -0.05) is 19.8 Å². The van der Waals surface area contributed by atoms with Crippen LogP contribution < -0.4 is 0 Å². The molecule has 3 heteroatoms. The predicted molar refractivity (Wildman–Crippen MR) is 43.3 cm³/mol. The third kappa shape index (κ3) is 4.79. The lowest BCUT2D eigenvalue weighted by atomic mass is 10.2. The minimum Gasteiger partial charge on any atom is -0.275 e. The van der Waals surface area contributed by atoms with Crippen molar-refractivity contribution in [2.24, 2.45) is 0 Å². The largest absolute Gasteiger partial charge is 0.275 e. The normalized spacial score (nSPS) is 9.73. The quantitative estimate of drug-likeness (QED) is 0.443. The number of carbonyl (C=O) groups excluding carboxylic acids is 1. The molecule has 11 heavy (non-hydrogen) atoms. The summed E-state index contributed by atoms with van der Waals surface area (Å²) in [5.74, 6) is -0.0963. The molecule has 0 bridgehead atoms. The summed E-state index contributed by atoms with van der Waals surface area (Å²) >= 11 is 0. The second-order valence-corrected chi connectivity index (χ2v) is 2.22. The molecule has 0 aliphatic rings. The van der Waals surface area contributed by atoms with Crippen molar-refractivity contribution in [3.63, 3.8) is 0 Å². The second-order valence-electron chi connectivity index (χ2n) is 2.22. The van der Waals surface area contributed by atoms with Gasteiger partial charge in [0, 0.05) is 7.05 Å². The second kappa shape index (κ2) is 6.16. The van der Waals surface area contributed by atoms with Crippen LogP contribution in [0.1, 0.15) is 19.3 Å². The zero-order valence-corrected chi connectivity index (χ0v) is 7.17. The van der Waals surface area contributed by atoms with Crippen LogP contribution in [-0.2, 0) is 9.63 Å². The van der Waals surface area contributed by atoms with E-state index in [2.05, 4.69) is 11.8 Å². The average molecular weight is 157 g/mol. The number of hydroxylamine groups is 2. The molecule has 0 saturated heterocycles. The van der Waals surface area contributed by atoms with Crippen molar-refractivity contribution in [2.45, 2.75) is 19.3 Å². The molecule has 3 nitrogen and oxygen atoms in total. The molecular formula is C8H15NO2. The molecule has 0 aliphatic heterocycles. The molecule has 0 spiro atoms. The average Bonchev–Trinajstić information content (AvgIpc) is 2.03. The van der Waals surface area contributed by atoms with Gasteiger partial charge >= 0.3 is 0 Å². The van der Waals surface area contributed by atoms with E-state index in [4.69, 9.17) is 0 Å². The van der Waals surface area contributed by atoms with Gasteiger partial charge in [-0.05, 0) is 6.42 Å². The molecule has 1 amide bonds. The monoisotopic (exact) mass is 157 g/mol. The molecule has 0 saturated carbocycles. The summed E-state index contributed by atoms with van der Waals surface area (Å²) in [4.78, 5) is 15.7. The molecule has 0 aromatic carbocycles. The van der Waals surface area contributed by atoms with Crippen molar-refractivity contribution in [2.75, 3.05) is 14.2 Å². The molecule has 0 unspecified atom stereocenters. The Hall–Kier alpha value is -0.570. The lowest BCUT2D eigenvalue weighted by Gasteiger charge is -2.12. The topological polar surface area (TPSA) is 29.5 Å². The minimum atomic E-state index is -0.0963. The number of hydrogen-bond donors (Lipinski definition) is 0. The van der Waals surface area contributed by atoms with E-state index in [1.54, 1.807) is 13.5 Å². The van der Waals surface area contributed by atoms with Crippen LogP contribution in [-0.4, -0.2) is 25.1 Å². The number of amides is 1.